The lowest BCUT2D eigenvalue weighted by Crippen LogP contribution is -2.46. The lowest BCUT2D eigenvalue weighted by molar-refractivity contribution is -0.133. The fourth-order valence-electron chi connectivity index (χ4n) is 3.99. The van der Waals surface area contributed by atoms with Crippen LogP contribution in [-0.4, -0.2) is 67.5 Å². The Hall–Kier alpha value is -3.09. The second kappa shape index (κ2) is 8.11. The number of benzene rings is 2. The fraction of sp³-hybridized carbons (Fsp3) is 0.409. The topological polar surface area (TPSA) is 76.2 Å². The molecule has 0 spiro atoms. The van der Waals surface area contributed by atoms with Crippen LogP contribution >= 0.6 is 0 Å². The molecular formula is C22H24N2O5. The van der Waals surface area contributed by atoms with Crippen molar-refractivity contribution >= 4 is 28.6 Å². The van der Waals surface area contributed by atoms with Crippen molar-refractivity contribution in [2.24, 2.45) is 5.92 Å². The van der Waals surface area contributed by atoms with Gasteiger partial charge in [0.1, 0.15) is 18.9 Å². The summed E-state index contributed by atoms with van der Waals surface area (Å²) in [5.74, 6) is 0.474. The van der Waals surface area contributed by atoms with Crippen LogP contribution in [0.5, 0.6) is 5.75 Å². The Balaban J connectivity index is 1.44. The Morgan fingerprint density at radius 2 is 1.93 bits per heavy atom. The summed E-state index contributed by atoms with van der Waals surface area (Å²) in [6, 6.07) is 11.4. The van der Waals surface area contributed by atoms with Crippen LogP contribution in [0.2, 0.25) is 0 Å². The molecule has 0 bridgehead atoms. The maximum Gasteiger partial charge on any atom is 0.410 e. The van der Waals surface area contributed by atoms with Crippen molar-refractivity contribution in [2.45, 2.75) is 12.8 Å². The predicted octanol–water partition coefficient (Wildman–Crippen LogP) is 2.72. The Morgan fingerprint density at radius 3 is 2.69 bits per heavy atom. The monoisotopic (exact) mass is 396 g/mol. The molecule has 2 aromatic rings. The highest BCUT2D eigenvalue weighted by molar-refractivity contribution is 6.01. The molecule has 2 amide bonds. The van der Waals surface area contributed by atoms with Gasteiger partial charge in [-0.2, -0.15) is 0 Å². The van der Waals surface area contributed by atoms with Gasteiger partial charge in [0, 0.05) is 24.6 Å². The molecule has 7 nitrogen and oxygen atoms in total. The van der Waals surface area contributed by atoms with Gasteiger partial charge in [0.15, 0.2) is 5.78 Å². The number of carbonyl (C=O) groups excluding carboxylic acids is 3. The predicted molar refractivity (Wildman–Crippen MR) is 107 cm³/mol. The second-order valence-corrected chi connectivity index (χ2v) is 7.51. The Bertz CT molecular complexity index is 957. The largest absolute Gasteiger partial charge is 0.497 e. The molecule has 2 aliphatic heterocycles. The summed E-state index contributed by atoms with van der Waals surface area (Å²) in [6.07, 6.45) is 1.09. The normalized spacial score (nSPS) is 19.3. The average molecular weight is 396 g/mol. The minimum absolute atomic E-state index is 0.0115. The van der Waals surface area contributed by atoms with E-state index in [-0.39, 0.29) is 24.2 Å². The van der Waals surface area contributed by atoms with Crippen LogP contribution < -0.4 is 4.74 Å². The SMILES string of the molecule is COc1ccc2cc(C(=O)C3CCCN(C(=O)CN4CCOC4=O)C3)ccc2c1. The molecule has 2 heterocycles. The molecule has 2 fully saturated rings. The molecule has 1 unspecified atom stereocenters. The molecule has 1 atom stereocenters. The zero-order chi connectivity index (χ0) is 20.4. The van der Waals surface area contributed by atoms with Crippen LogP contribution in [0.15, 0.2) is 36.4 Å². The van der Waals surface area contributed by atoms with E-state index in [2.05, 4.69) is 0 Å². The van der Waals surface area contributed by atoms with E-state index in [1.165, 1.54) is 4.90 Å². The quantitative estimate of drug-likeness (QED) is 0.727. The van der Waals surface area contributed by atoms with Gasteiger partial charge in [-0.05, 0) is 41.8 Å². The average Bonchev–Trinajstić information content (AvgIpc) is 3.16. The fourth-order valence-corrected chi connectivity index (χ4v) is 3.99. The number of cyclic esters (lactones) is 1. The summed E-state index contributed by atoms with van der Waals surface area (Å²) >= 11 is 0. The van der Waals surface area contributed by atoms with Crippen LogP contribution in [0.1, 0.15) is 23.2 Å². The van der Waals surface area contributed by atoms with Crippen molar-refractivity contribution in [1.82, 2.24) is 9.80 Å². The molecule has 29 heavy (non-hydrogen) atoms. The van der Waals surface area contributed by atoms with Gasteiger partial charge in [-0.15, -0.1) is 0 Å². The van der Waals surface area contributed by atoms with E-state index in [4.69, 9.17) is 9.47 Å². The van der Waals surface area contributed by atoms with Crippen LogP contribution in [-0.2, 0) is 9.53 Å². The van der Waals surface area contributed by atoms with Crippen molar-refractivity contribution in [3.05, 3.63) is 42.0 Å². The Labute approximate surface area is 169 Å². The maximum atomic E-state index is 13.1. The minimum Gasteiger partial charge on any atom is -0.497 e. The number of amides is 2. The second-order valence-electron chi connectivity index (χ2n) is 7.51. The zero-order valence-corrected chi connectivity index (χ0v) is 16.4. The molecule has 7 heteroatoms. The number of ether oxygens (including phenoxy) is 2. The number of carbonyl (C=O) groups is 3. The molecule has 0 saturated carbocycles. The third-order valence-corrected chi connectivity index (χ3v) is 5.65. The molecule has 0 aromatic heterocycles. The maximum absolute atomic E-state index is 13.1. The highest BCUT2D eigenvalue weighted by atomic mass is 16.6. The number of nitrogens with zero attached hydrogens (tertiary/aromatic N) is 2. The van der Waals surface area contributed by atoms with Gasteiger partial charge >= 0.3 is 6.09 Å². The van der Waals surface area contributed by atoms with Gasteiger partial charge in [0.25, 0.3) is 0 Å². The van der Waals surface area contributed by atoms with Gasteiger partial charge in [0.2, 0.25) is 5.91 Å². The number of likely N-dealkylation sites (tertiary alicyclic amines) is 1. The first kappa shape index (κ1) is 19.2. The van der Waals surface area contributed by atoms with Gasteiger partial charge in [-0.1, -0.05) is 18.2 Å². The van der Waals surface area contributed by atoms with E-state index in [1.807, 2.05) is 36.4 Å². The van der Waals surface area contributed by atoms with Crippen LogP contribution in [0.25, 0.3) is 10.8 Å². The number of piperidine rings is 1. The first-order valence-electron chi connectivity index (χ1n) is 9.86. The number of hydrogen-bond acceptors (Lipinski definition) is 5. The van der Waals surface area contributed by atoms with Crippen LogP contribution in [0.4, 0.5) is 4.79 Å². The van der Waals surface area contributed by atoms with Crippen LogP contribution in [0, 0.1) is 5.92 Å². The number of Topliss-reactive ketones (excluding diaryl/α,β-unsaturated/α-hetero) is 1. The number of ketones is 1. The molecular weight excluding hydrogens is 372 g/mol. The lowest BCUT2D eigenvalue weighted by atomic mass is 9.89. The summed E-state index contributed by atoms with van der Waals surface area (Å²) < 4.78 is 10.1. The highest BCUT2D eigenvalue weighted by Crippen LogP contribution is 2.26. The first-order chi connectivity index (χ1) is 14.0. The van der Waals surface area contributed by atoms with E-state index in [0.29, 0.717) is 31.8 Å². The van der Waals surface area contributed by atoms with E-state index >= 15 is 0 Å². The zero-order valence-electron chi connectivity index (χ0n) is 16.4. The summed E-state index contributed by atoms with van der Waals surface area (Å²) in [7, 11) is 1.63. The first-order valence-corrected chi connectivity index (χ1v) is 9.86. The Morgan fingerprint density at radius 1 is 1.14 bits per heavy atom. The Kier molecular flexibility index (Phi) is 5.38. The van der Waals surface area contributed by atoms with E-state index < -0.39 is 6.09 Å². The number of fused-ring (bicyclic) bond motifs is 1. The number of hydrogen-bond donors (Lipinski definition) is 0. The molecule has 2 saturated heterocycles. The minimum atomic E-state index is -0.448. The molecule has 2 aliphatic rings. The van der Waals surface area contributed by atoms with Gasteiger partial charge in [0.05, 0.1) is 13.7 Å². The molecule has 0 radical (unpaired) electrons. The third kappa shape index (κ3) is 4.04. The van der Waals surface area contributed by atoms with Crippen molar-refractivity contribution in [1.29, 1.82) is 0 Å². The molecule has 2 aromatic carbocycles. The highest BCUT2D eigenvalue weighted by Gasteiger charge is 2.31. The summed E-state index contributed by atoms with van der Waals surface area (Å²) in [6.45, 7) is 1.77. The van der Waals surface area contributed by atoms with E-state index in [1.54, 1.807) is 12.0 Å². The summed E-state index contributed by atoms with van der Waals surface area (Å²) in [4.78, 5) is 40.4. The summed E-state index contributed by atoms with van der Waals surface area (Å²) in [5, 5.41) is 1.99. The van der Waals surface area contributed by atoms with Crippen molar-refractivity contribution in [2.75, 3.05) is 39.9 Å². The van der Waals surface area contributed by atoms with Crippen LogP contribution in [0.3, 0.4) is 0 Å². The van der Waals surface area contributed by atoms with Gasteiger partial charge in [-0.25, -0.2) is 4.79 Å². The summed E-state index contributed by atoms with van der Waals surface area (Å²) in [5.41, 5.74) is 0.657. The van der Waals surface area contributed by atoms with Crippen molar-refractivity contribution in [3.63, 3.8) is 0 Å². The lowest BCUT2D eigenvalue weighted by Gasteiger charge is -2.33. The number of rotatable bonds is 5. The van der Waals surface area contributed by atoms with E-state index in [9.17, 15) is 14.4 Å². The smallest absolute Gasteiger partial charge is 0.410 e. The van der Waals surface area contributed by atoms with E-state index in [0.717, 1.165) is 29.4 Å². The van der Waals surface area contributed by atoms with Gasteiger partial charge in [-0.3, -0.25) is 14.5 Å². The van der Waals surface area contributed by atoms with Crippen molar-refractivity contribution < 1.29 is 23.9 Å². The molecule has 4 rings (SSSR count). The van der Waals surface area contributed by atoms with Gasteiger partial charge < -0.3 is 14.4 Å². The van der Waals surface area contributed by atoms with Crippen molar-refractivity contribution in [3.8, 4) is 5.75 Å². The number of methoxy groups -OCH3 is 1. The molecule has 0 N–H and O–H groups in total. The third-order valence-electron chi connectivity index (χ3n) is 5.65. The molecule has 152 valence electrons. The molecule has 0 aliphatic carbocycles. The standard InChI is InChI=1S/C22H24N2O5/c1-28-19-7-6-15-11-17(5-4-16(15)12-19)21(26)18-3-2-8-23(13-18)20(25)14-24-9-10-29-22(24)27/h4-7,11-12,18H,2-3,8-10,13-14H2,1H3.